The van der Waals surface area contributed by atoms with Crippen LogP contribution < -0.4 is 9.80 Å². The molecule has 0 aliphatic carbocycles. The molecule has 0 bridgehead atoms. The number of non-ortho nitro benzene ring substituents is 1. The number of fused-ring (bicyclic) bond motifs is 1. The molecular formula is C23H29N7O3. The van der Waals surface area contributed by atoms with E-state index in [4.69, 9.17) is 9.97 Å². The summed E-state index contributed by atoms with van der Waals surface area (Å²) in [5.41, 5.74) is 2.52. The number of carbonyl (C=O) groups excluding carboxylic acids is 1. The fourth-order valence-corrected chi connectivity index (χ4v) is 4.80. The SMILES string of the molecule is CN1CCN(c2nc3c(c(N4CCCC4)n2)CN(C(=O)c2ccc([N+](=O)[O-])cc2)CC3)CC1. The number of carbonyl (C=O) groups is 1. The lowest BCUT2D eigenvalue weighted by Gasteiger charge is -2.35. The van der Waals surface area contributed by atoms with Gasteiger partial charge in [-0.3, -0.25) is 14.9 Å². The molecule has 2 fully saturated rings. The Morgan fingerprint density at radius 1 is 0.939 bits per heavy atom. The minimum Gasteiger partial charge on any atom is -0.356 e. The second-order valence-corrected chi connectivity index (χ2v) is 9.04. The number of anilines is 2. The van der Waals surface area contributed by atoms with E-state index in [9.17, 15) is 14.9 Å². The van der Waals surface area contributed by atoms with E-state index < -0.39 is 4.92 Å². The van der Waals surface area contributed by atoms with Crippen LogP contribution in [0.2, 0.25) is 0 Å². The Bertz CT molecular complexity index is 1040. The van der Waals surface area contributed by atoms with E-state index >= 15 is 0 Å². The summed E-state index contributed by atoms with van der Waals surface area (Å²) >= 11 is 0. The van der Waals surface area contributed by atoms with Crippen molar-refractivity contribution in [1.29, 1.82) is 0 Å². The van der Waals surface area contributed by atoms with E-state index in [-0.39, 0.29) is 11.6 Å². The van der Waals surface area contributed by atoms with Crippen LogP contribution in [0.3, 0.4) is 0 Å². The third kappa shape index (κ3) is 4.35. The molecule has 0 spiro atoms. The number of likely N-dealkylation sites (N-methyl/N-ethyl adjacent to an activating group) is 1. The summed E-state index contributed by atoms with van der Waals surface area (Å²) in [7, 11) is 2.14. The molecule has 3 aliphatic rings. The summed E-state index contributed by atoms with van der Waals surface area (Å²) in [4.78, 5) is 42.3. The minimum atomic E-state index is -0.455. The van der Waals surface area contributed by atoms with Crippen LogP contribution in [0.25, 0.3) is 0 Å². The van der Waals surface area contributed by atoms with Gasteiger partial charge in [0.15, 0.2) is 0 Å². The van der Waals surface area contributed by atoms with Crippen molar-refractivity contribution in [3.8, 4) is 0 Å². The highest BCUT2D eigenvalue weighted by atomic mass is 16.6. The van der Waals surface area contributed by atoms with Crippen LogP contribution in [-0.2, 0) is 13.0 Å². The number of aromatic nitrogens is 2. The number of hydrogen-bond acceptors (Lipinski definition) is 8. The minimum absolute atomic E-state index is 0.0169. The molecule has 1 amide bonds. The van der Waals surface area contributed by atoms with E-state index in [2.05, 4.69) is 21.7 Å². The Kier molecular flexibility index (Phi) is 5.84. The molecule has 1 aromatic carbocycles. The van der Waals surface area contributed by atoms with E-state index in [1.54, 1.807) is 0 Å². The number of benzene rings is 1. The van der Waals surface area contributed by atoms with Crippen LogP contribution in [0.5, 0.6) is 0 Å². The average molecular weight is 452 g/mol. The zero-order valence-electron chi connectivity index (χ0n) is 18.9. The van der Waals surface area contributed by atoms with Crippen molar-refractivity contribution in [3.63, 3.8) is 0 Å². The quantitative estimate of drug-likeness (QED) is 0.514. The maximum absolute atomic E-state index is 13.2. The molecule has 0 radical (unpaired) electrons. The van der Waals surface area contributed by atoms with E-state index in [0.29, 0.717) is 25.1 Å². The van der Waals surface area contributed by atoms with Gasteiger partial charge >= 0.3 is 0 Å². The fourth-order valence-electron chi connectivity index (χ4n) is 4.80. The Labute approximate surface area is 193 Å². The third-order valence-electron chi connectivity index (χ3n) is 6.83. The first-order valence-corrected chi connectivity index (χ1v) is 11.6. The molecule has 0 atom stereocenters. The van der Waals surface area contributed by atoms with Crippen LogP contribution >= 0.6 is 0 Å². The second kappa shape index (κ2) is 8.93. The molecule has 2 aromatic rings. The molecule has 0 saturated carbocycles. The van der Waals surface area contributed by atoms with Crippen LogP contribution in [-0.4, -0.2) is 83.5 Å². The molecule has 10 nitrogen and oxygen atoms in total. The first-order chi connectivity index (χ1) is 16.0. The smallest absolute Gasteiger partial charge is 0.269 e. The standard InChI is InChI=1S/C23H29N7O3/c1-26-12-14-28(15-13-26)23-24-20-8-11-29(16-19(20)21(25-23)27-9-2-3-10-27)22(31)17-4-6-18(7-5-17)30(32)33/h4-7H,2-3,8-16H2,1H3. The topological polar surface area (TPSA) is 99.0 Å². The van der Waals surface area contributed by atoms with Crippen LogP contribution in [0.4, 0.5) is 17.5 Å². The normalized spacial score (nSPS) is 19.0. The van der Waals surface area contributed by atoms with Crippen molar-refractivity contribution >= 4 is 23.4 Å². The monoisotopic (exact) mass is 451 g/mol. The van der Waals surface area contributed by atoms with Gasteiger partial charge in [-0.25, -0.2) is 4.98 Å². The number of hydrogen-bond donors (Lipinski definition) is 0. The molecule has 33 heavy (non-hydrogen) atoms. The lowest BCUT2D eigenvalue weighted by atomic mass is 10.0. The first kappa shape index (κ1) is 21.6. The van der Waals surface area contributed by atoms with Gasteiger partial charge in [0.05, 0.1) is 17.2 Å². The molecule has 2 saturated heterocycles. The van der Waals surface area contributed by atoms with Gasteiger partial charge in [-0.1, -0.05) is 0 Å². The summed E-state index contributed by atoms with van der Waals surface area (Å²) in [6, 6.07) is 5.83. The molecule has 174 valence electrons. The maximum Gasteiger partial charge on any atom is 0.269 e. The Hall–Kier alpha value is -3.27. The van der Waals surface area contributed by atoms with Gasteiger partial charge in [0.1, 0.15) is 5.82 Å². The predicted molar refractivity (Wildman–Crippen MR) is 125 cm³/mol. The second-order valence-electron chi connectivity index (χ2n) is 9.04. The molecule has 1 aromatic heterocycles. The highest BCUT2D eigenvalue weighted by molar-refractivity contribution is 5.94. The fraction of sp³-hybridized carbons (Fsp3) is 0.522. The third-order valence-corrected chi connectivity index (χ3v) is 6.83. The highest BCUT2D eigenvalue weighted by Gasteiger charge is 2.30. The average Bonchev–Trinajstić information content (AvgIpc) is 3.38. The van der Waals surface area contributed by atoms with E-state index in [0.717, 1.165) is 75.1 Å². The van der Waals surface area contributed by atoms with Crippen LogP contribution in [0, 0.1) is 10.1 Å². The molecule has 0 N–H and O–H groups in total. The molecule has 10 heteroatoms. The first-order valence-electron chi connectivity index (χ1n) is 11.6. The predicted octanol–water partition coefficient (Wildman–Crippen LogP) is 1.94. The summed E-state index contributed by atoms with van der Waals surface area (Å²) in [5, 5.41) is 10.9. The van der Waals surface area contributed by atoms with Gasteiger partial charge in [-0.2, -0.15) is 4.98 Å². The summed E-state index contributed by atoms with van der Waals surface area (Å²) < 4.78 is 0. The lowest BCUT2D eigenvalue weighted by Crippen LogP contribution is -2.45. The highest BCUT2D eigenvalue weighted by Crippen LogP contribution is 2.32. The van der Waals surface area contributed by atoms with Gasteiger partial charge in [0.2, 0.25) is 5.95 Å². The van der Waals surface area contributed by atoms with Gasteiger partial charge in [0, 0.05) is 75.5 Å². The summed E-state index contributed by atoms with van der Waals surface area (Å²) in [6.07, 6.45) is 2.97. The van der Waals surface area contributed by atoms with Crippen molar-refractivity contribution in [2.24, 2.45) is 0 Å². The number of piperazine rings is 1. The zero-order valence-corrected chi connectivity index (χ0v) is 18.9. The van der Waals surface area contributed by atoms with Crippen molar-refractivity contribution in [2.45, 2.75) is 25.8 Å². The number of rotatable bonds is 4. The van der Waals surface area contributed by atoms with Gasteiger partial charge in [-0.15, -0.1) is 0 Å². The van der Waals surface area contributed by atoms with Gasteiger partial charge in [0.25, 0.3) is 11.6 Å². The van der Waals surface area contributed by atoms with Crippen molar-refractivity contribution in [1.82, 2.24) is 19.8 Å². The molecular weight excluding hydrogens is 422 g/mol. The molecule has 5 rings (SSSR count). The molecule has 3 aliphatic heterocycles. The lowest BCUT2D eigenvalue weighted by molar-refractivity contribution is -0.384. The Morgan fingerprint density at radius 2 is 1.64 bits per heavy atom. The van der Waals surface area contributed by atoms with Crippen molar-refractivity contribution in [2.75, 3.05) is 62.7 Å². The largest absolute Gasteiger partial charge is 0.356 e. The van der Waals surface area contributed by atoms with E-state index in [1.807, 2.05) is 4.90 Å². The zero-order chi connectivity index (χ0) is 22.9. The Balaban J connectivity index is 1.42. The molecule has 4 heterocycles. The van der Waals surface area contributed by atoms with Crippen molar-refractivity contribution < 1.29 is 9.72 Å². The Morgan fingerprint density at radius 3 is 2.30 bits per heavy atom. The number of amides is 1. The summed E-state index contributed by atoms with van der Waals surface area (Å²) in [5.74, 6) is 1.65. The van der Waals surface area contributed by atoms with Crippen LogP contribution in [0.1, 0.15) is 34.5 Å². The van der Waals surface area contributed by atoms with E-state index in [1.165, 1.54) is 24.3 Å². The van der Waals surface area contributed by atoms with Crippen molar-refractivity contribution in [3.05, 3.63) is 51.2 Å². The maximum atomic E-state index is 13.2. The summed E-state index contributed by atoms with van der Waals surface area (Å²) in [6.45, 7) is 6.80. The number of nitro groups is 1. The molecule has 0 unspecified atom stereocenters. The number of nitrogens with zero attached hydrogens (tertiary/aromatic N) is 7. The number of nitro benzene ring substituents is 1. The van der Waals surface area contributed by atoms with Gasteiger partial charge in [-0.05, 0) is 32.0 Å². The van der Waals surface area contributed by atoms with Gasteiger partial charge < -0.3 is 19.6 Å². The van der Waals surface area contributed by atoms with Crippen LogP contribution in [0.15, 0.2) is 24.3 Å².